The van der Waals surface area contributed by atoms with E-state index in [0.29, 0.717) is 6.04 Å². The van der Waals surface area contributed by atoms with Crippen LogP contribution in [0, 0.1) is 12.7 Å². The zero-order valence-corrected chi connectivity index (χ0v) is 12.4. The summed E-state index contributed by atoms with van der Waals surface area (Å²) in [4.78, 5) is 5.85. The molecular weight excluding hydrogens is 259 g/mol. The van der Waals surface area contributed by atoms with Crippen LogP contribution in [0.15, 0.2) is 24.3 Å². The van der Waals surface area contributed by atoms with Crippen LogP contribution in [-0.4, -0.2) is 17.6 Å². The second kappa shape index (κ2) is 6.26. The van der Waals surface area contributed by atoms with Crippen LogP contribution in [0.5, 0.6) is 0 Å². The summed E-state index contributed by atoms with van der Waals surface area (Å²) in [5.41, 5.74) is 1.96. The summed E-state index contributed by atoms with van der Waals surface area (Å²) < 4.78 is 12.9. The summed E-state index contributed by atoms with van der Waals surface area (Å²) in [6.45, 7) is 7.28. The number of aromatic nitrogens is 1. The Morgan fingerprint density at radius 2 is 1.95 bits per heavy atom. The van der Waals surface area contributed by atoms with Crippen LogP contribution in [0.3, 0.4) is 0 Å². The molecule has 0 saturated heterocycles. The zero-order valence-electron chi connectivity index (χ0n) is 11.5. The van der Waals surface area contributed by atoms with Crippen molar-refractivity contribution in [1.82, 2.24) is 10.3 Å². The third-order valence-electron chi connectivity index (χ3n) is 2.85. The molecule has 2 rings (SSSR count). The Kier molecular flexibility index (Phi) is 4.66. The van der Waals surface area contributed by atoms with E-state index in [0.717, 1.165) is 29.2 Å². The van der Waals surface area contributed by atoms with Crippen molar-refractivity contribution in [2.75, 3.05) is 6.54 Å². The fraction of sp³-hybridized carbons (Fsp3) is 0.400. The Morgan fingerprint density at radius 3 is 2.58 bits per heavy atom. The Morgan fingerprint density at radius 1 is 1.26 bits per heavy atom. The van der Waals surface area contributed by atoms with Crippen molar-refractivity contribution in [3.05, 3.63) is 40.0 Å². The van der Waals surface area contributed by atoms with Gasteiger partial charge in [0.05, 0.1) is 10.7 Å². The highest BCUT2D eigenvalue weighted by atomic mass is 32.1. The first-order chi connectivity index (χ1) is 9.06. The maximum Gasteiger partial charge on any atom is 0.123 e. The minimum atomic E-state index is -0.210. The van der Waals surface area contributed by atoms with Crippen LogP contribution in [0.1, 0.15) is 23.7 Å². The third kappa shape index (κ3) is 3.85. The molecule has 0 amide bonds. The maximum atomic E-state index is 12.9. The van der Waals surface area contributed by atoms with Gasteiger partial charge in [0.25, 0.3) is 0 Å². The highest BCUT2D eigenvalue weighted by molar-refractivity contribution is 7.12. The number of nitrogens with one attached hydrogen (secondary N) is 1. The van der Waals surface area contributed by atoms with Crippen LogP contribution in [-0.2, 0) is 6.42 Å². The molecule has 1 aromatic heterocycles. The number of hydrogen-bond acceptors (Lipinski definition) is 3. The molecule has 0 aliphatic heterocycles. The van der Waals surface area contributed by atoms with E-state index < -0.39 is 0 Å². The van der Waals surface area contributed by atoms with Crippen LogP contribution < -0.4 is 5.32 Å². The lowest BCUT2D eigenvalue weighted by molar-refractivity contribution is 0.590. The van der Waals surface area contributed by atoms with Crippen molar-refractivity contribution >= 4 is 11.3 Å². The standard InChI is InChI=1S/C15H19FN2S/c1-10(2)17-9-8-14-18-15(11(3)19-14)12-4-6-13(16)7-5-12/h4-7,10,17H,8-9H2,1-3H3. The van der Waals surface area contributed by atoms with Gasteiger partial charge in [-0.15, -0.1) is 11.3 Å². The number of rotatable bonds is 5. The summed E-state index contributed by atoms with van der Waals surface area (Å²) >= 11 is 1.72. The van der Waals surface area contributed by atoms with Gasteiger partial charge in [-0.1, -0.05) is 13.8 Å². The highest BCUT2D eigenvalue weighted by Gasteiger charge is 2.09. The van der Waals surface area contributed by atoms with Gasteiger partial charge in [0.2, 0.25) is 0 Å². The molecule has 2 nitrogen and oxygen atoms in total. The molecule has 1 aromatic carbocycles. The van der Waals surface area contributed by atoms with Crippen molar-refractivity contribution in [3.63, 3.8) is 0 Å². The minimum absolute atomic E-state index is 0.210. The van der Waals surface area contributed by atoms with Gasteiger partial charge in [-0.2, -0.15) is 0 Å². The van der Waals surface area contributed by atoms with Gasteiger partial charge in [-0.25, -0.2) is 9.37 Å². The quantitative estimate of drug-likeness (QED) is 0.900. The number of aryl methyl sites for hydroxylation is 1. The number of nitrogens with zero attached hydrogens (tertiary/aromatic N) is 1. The highest BCUT2D eigenvalue weighted by Crippen LogP contribution is 2.27. The van der Waals surface area contributed by atoms with Crippen LogP contribution in [0.25, 0.3) is 11.3 Å². The molecule has 2 aromatic rings. The summed E-state index contributed by atoms with van der Waals surface area (Å²) in [5.74, 6) is -0.210. The molecule has 102 valence electrons. The number of benzene rings is 1. The van der Waals surface area contributed by atoms with Crippen molar-refractivity contribution in [2.24, 2.45) is 0 Å². The van der Waals surface area contributed by atoms with E-state index in [1.807, 2.05) is 0 Å². The summed E-state index contributed by atoms with van der Waals surface area (Å²) in [7, 11) is 0. The smallest absolute Gasteiger partial charge is 0.123 e. The van der Waals surface area contributed by atoms with E-state index in [4.69, 9.17) is 0 Å². The van der Waals surface area contributed by atoms with E-state index in [1.54, 1.807) is 23.5 Å². The second-order valence-electron chi connectivity index (χ2n) is 4.88. The Labute approximate surface area is 117 Å². The van der Waals surface area contributed by atoms with Crippen molar-refractivity contribution < 1.29 is 4.39 Å². The lowest BCUT2D eigenvalue weighted by Crippen LogP contribution is -2.24. The first-order valence-electron chi connectivity index (χ1n) is 6.52. The minimum Gasteiger partial charge on any atom is -0.314 e. The number of hydrogen-bond donors (Lipinski definition) is 1. The monoisotopic (exact) mass is 278 g/mol. The molecule has 0 atom stereocenters. The van der Waals surface area contributed by atoms with Crippen molar-refractivity contribution in [3.8, 4) is 11.3 Å². The first kappa shape index (κ1) is 14.2. The Bertz CT molecular complexity index is 532. The summed E-state index contributed by atoms with van der Waals surface area (Å²) in [6.07, 6.45) is 0.935. The predicted molar refractivity (Wildman–Crippen MR) is 79.1 cm³/mol. The third-order valence-corrected chi connectivity index (χ3v) is 3.88. The molecule has 4 heteroatoms. The Balaban J connectivity index is 2.10. The fourth-order valence-electron chi connectivity index (χ4n) is 1.90. The molecule has 0 unspecified atom stereocenters. The molecule has 0 radical (unpaired) electrons. The Hall–Kier alpha value is -1.26. The average Bonchev–Trinajstić information content (AvgIpc) is 2.71. The molecular formula is C15H19FN2S. The van der Waals surface area contributed by atoms with Gasteiger partial charge in [-0.05, 0) is 31.2 Å². The molecule has 19 heavy (non-hydrogen) atoms. The number of thiazole rings is 1. The van der Waals surface area contributed by atoms with Crippen LogP contribution in [0.2, 0.25) is 0 Å². The normalized spacial score (nSPS) is 11.2. The lowest BCUT2D eigenvalue weighted by atomic mass is 10.1. The van der Waals surface area contributed by atoms with E-state index in [-0.39, 0.29) is 5.82 Å². The van der Waals surface area contributed by atoms with E-state index >= 15 is 0 Å². The van der Waals surface area contributed by atoms with E-state index in [9.17, 15) is 4.39 Å². The van der Waals surface area contributed by atoms with Crippen LogP contribution in [0.4, 0.5) is 4.39 Å². The first-order valence-corrected chi connectivity index (χ1v) is 7.33. The fourth-order valence-corrected chi connectivity index (χ4v) is 2.86. The molecule has 0 saturated carbocycles. The molecule has 0 fully saturated rings. The molecule has 0 aliphatic rings. The van der Waals surface area contributed by atoms with Gasteiger partial charge >= 0.3 is 0 Å². The maximum absolute atomic E-state index is 12.9. The molecule has 0 bridgehead atoms. The van der Waals surface area contributed by atoms with Gasteiger partial charge in [0.1, 0.15) is 5.82 Å². The van der Waals surface area contributed by atoms with Crippen LogP contribution >= 0.6 is 11.3 Å². The van der Waals surface area contributed by atoms with E-state index in [2.05, 4.69) is 31.1 Å². The van der Waals surface area contributed by atoms with Gasteiger partial charge < -0.3 is 5.32 Å². The molecule has 1 N–H and O–H groups in total. The van der Waals surface area contributed by atoms with E-state index in [1.165, 1.54) is 17.0 Å². The SMILES string of the molecule is Cc1sc(CCNC(C)C)nc1-c1ccc(F)cc1. The largest absolute Gasteiger partial charge is 0.314 e. The second-order valence-corrected chi connectivity index (χ2v) is 6.17. The van der Waals surface area contributed by atoms with Crippen molar-refractivity contribution in [1.29, 1.82) is 0 Å². The molecule has 0 aliphatic carbocycles. The van der Waals surface area contributed by atoms with Crippen molar-refractivity contribution in [2.45, 2.75) is 33.2 Å². The predicted octanol–water partition coefficient (Wildman–Crippen LogP) is 3.80. The summed E-state index contributed by atoms with van der Waals surface area (Å²) in [6, 6.07) is 7.03. The zero-order chi connectivity index (χ0) is 13.8. The lowest BCUT2D eigenvalue weighted by Gasteiger charge is -2.05. The molecule has 1 heterocycles. The molecule has 0 spiro atoms. The van der Waals surface area contributed by atoms with Gasteiger partial charge in [0, 0.05) is 29.4 Å². The topological polar surface area (TPSA) is 24.9 Å². The number of halogens is 1. The average molecular weight is 278 g/mol. The summed E-state index contributed by atoms with van der Waals surface area (Å²) in [5, 5.41) is 4.52. The van der Waals surface area contributed by atoms with Gasteiger partial charge in [-0.3, -0.25) is 0 Å². The van der Waals surface area contributed by atoms with Gasteiger partial charge in [0.15, 0.2) is 0 Å².